The van der Waals surface area contributed by atoms with Crippen molar-refractivity contribution >= 4 is 29.4 Å². The Bertz CT molecular complexity index is 1170. The normalized spacial score (nSPS) is 18.0. The molecule has 206 valence electrons. The van der Waals surface area contributed by atoms with Gasteiger partial charge in [0.1, 0.15) is 23.2 Å². The summed E-state index contributed by atoms with van der Waals surface area (Å²) < 4.78 is 64.8. The lowest BCUT2D eigenvalue weighted by Crippen LogP contribution is -2.48. The first-order chi connectivity index (χ1) is 18.1. The summed E-state index contributed by atoms with van der Waals surface area (Å²) in [6.45, 7) is 1.88. The van der Waals surface area contributed by atoms with Gasteiger partial charge in [0, 0.05) is 37.8 Å². The number of carbonyl (C=O) groups excluding carboxylic acids is 3. The highest BCUT2D eigenvalue weighted by atomic mass is 19.3. The lowest BCUT2D eigenvalue weighted by Gasteiger charge is -2.25. The van der Waals surface area contributed by atoms with Crippen LogP contribution in [-0.2, 0) is 16.1 Å². The number of rotatable bonds is 7. The van der Waals surface area contributed by atoms with Crippen molar-refractivity contribution in [3.05, 3.63) is 41.3 Å². The molecule has 1 atom stereocenters. The molecule has 1 aromatic heterocycles. The molecule has 2 saturated heterocycles. The van der Waals surface area contributed by atoms with Crippen molar-refractivity contribution in [3.63, 3.8) is 0 Å². The molecule has 1 aromatic carbocycles. The van der Waals surface area contributed by atoms with E-state index in [1.807, 2.05) is 5.32 Å². The topological polar surface area (TPSA) is 132 Å². The number of aryl methyl sites for hydroxylation is 1. The second-order valence-corrected chi connectivity index (χ2v) is 8.55. The highest BCUT2D eigenvalue weighted by Crippen LogP contribution is 2.31. The molecule has 2 aromatic rings. The van der Waals surface area contributed by atoms with Crippen LogP contribution in [-0.4, -0.2) is 80.0 Å². The van der Waals surface area contributed by atoms with E-state index in [2.05, 4.69) is 15.9 Å². The smallest absolute Gasteiger partial charge is 0.414 e. The SMILES string of the molecule is Cc1cc(CNC(=O)N2CCN(c3c(F)cc(N4C[C@H](CNC(=O)C(F)F)OC4=O)cc3F)CCN2)no1. The molecule has 16 heteroatoms. The lowest BCUT2D eigenvalue weighted by molar-refractivity contribution is -0.132. The van der Waals surface area contributed by atoms with Gasteiger partial charge in [0.25, 0.3) is 5.91 Å². The molecule has 0 unspecified atom stereocenters. The molecule has 38 heavy (non-hydrogen) atoms. The Morgan fingerprint density at radius 1 is 1.16 bits per heavy atom. The minimum Gasteiger partial charge on any atom is -0.442 e. The van der Waals surface area contributed by atoms with Crippen molar-refractivity contribution in [1.29, 1.82) is 0 Å². The molecule has 0 aliphatic carbocycles. The summed E-state index contributed by atoms with van der Waals surface area (Å²) in [6.07, 6.45) is -5.13. The van der Waals surface area contributed by atoms with Crippen LogP contribution in [0.5, 0.6) is 0 Å². The van der Waals surface area contributed by atoms with Crippen molar-refractivity contribution in [2.45, 2.75) is 26.0 Å². The number of nitrogens with zero attached hydrogens (tertiary/aromatic N) is 4. The van der Waals surface area contributed by atoms with Crippen molar-refractivity contribution in [1.82, 2.24) is 26.2 Å². The van der Waals surface area contributed by atoms with Crippen LogP contribution in [0.4, 0.5) is 38.5 Å². The van der Waals surface area contributed by atoms with Crippen molar-refractivity contribution in [2.24, 2.45) is 0 Å². The van der Waals surface area contributed by atoms with Crippen LogP contribution in [0.3, 0.4) is 0 Å². The van der Waals surface area contributed by atoms with E-state index in [1.165, 1.54) is 9.91 Å². The largest absolute Gasteiger partial charge is 0.442 e. The van der Waals surface area contributed by atoms with Crippen molar-refractivity contribution < 1.29 is 41.2 Å². The number of carbonyl (C=O) groups is 3. The van der Waals surface area contributed by atoms with Gasteiger partial charge in [-0.25, -0.2) is 23.8 Å². The lowest BCUT2D eigenvalue weighted by atomic mass is 10.2. The Balaban J connectivity index is 1.36. The molecular formula is C22H25F4N7O5. The molecule has 4 rings (SSSR count). The Morgan fingerprint density at radius 2 is 1.89 bits per heavy atom. The zero-order valence-corrected chi connectivity index (χ0v) is 20.2. The quantitative estimate of drug-likeness (QED) is 0.448. The van der Waals surface area contributed by atoms with Crippen LogP contribution in [0.25, 0.3) is 0 Å². The molecular weight excluding hydrogens is 518 g/mol. The molecule has 3 N–H and O–H groups in total. The maximum absolute atomic E-state index is 15.1. The van der Waals surface area contributed by atoms with Crippen LogP contribution in [0.1, 0.15) is 11.5 Å². The third-order valence-corrected chi connectivity index (χ3v) is 5.83. The number of hydrogen-bond acceptors (Lipinski definition) is 8. The van der Waals surface area contributed by atoms with Gasteiger partial charge in [0.2, 0.25) is 0 Å². The number of hydrogen-bond donors (Lipinski definition) is 3. The highest BCUT2D eigenvalue weighted by Gasteiger charge is 2.34. The maximum atomic E-state index is 15.1. The van der Waals surface area contributed by atoms with E-state index in [-0.39, 0.29) is 57.2 Å². The van der Waals surface area contributed by atoms with Gasteiger partial charge in [-0.05, 0) is 6.92 Å². The summed E-state index contributed by atoms with van der Waals surface area (Å²) in [4.78, 5) is 38.1. The van der Waals surface area contributed by atoms with Gasteiger partial charge in [-0.1, -0.05) is 5.16 Å². The molecule has 2 aliphatic rings. The zero-order valence-electron chi connectivity index (χ0n) is 20.2. The number of halogens is 4. The van der Waals surface area contributed by atoms with Gasteiger partial charge in [-0.3, -0.25) is 14.7 Å². The number of alkyl halides is 2. The maximum Gasteiger partial charge on any atom is 0.414 e. The Morgan fingerprint density at radius 3 is 2.55 bits per heavy atom. The summed E-state index contributed by atoms with van der Waals surface area (Å²) in [6, 6.07) is 3.15. The Kier molecular flexibility index (Phi) is 8.19. The van der Waals surface area contributed by atoms with Gasteiger partial charge in [0.15, 0.2) is 11.6 Å². The molecule has 3 heterocycles. The molecule has 2 aliphatic heterocycles. The van der Waals surface area contributed by atoms with Crippen LogP contribution in [0, 0.1) is 18.6 Å². The van der Waals surface area contributed by atoms with E-state index < -0.39 is 42.2 Å². The van der Waals surface area contributed by atoms with Gasteiger partial charge < -0.3 is 24.8 Å². The molecule has 0 saturated carbocycles. The predicted octanol–water partition coefficient (Wildman–Crippen LogP) is 1.50. The number of urea groups is 1. The fourth-order valence-corrected chi connectivity index (χ4v) is 4.03. The minimum atomic E-state index is -3.22. The number of benzene rings is 1. The molecule has 2 fully saturated rings. The van der Waals surface area contributed by atoms with E-state index in [0.717, 1.165) is 17.0 Å². The number of nitrogens with one attached hydrogen (secondary N) is 3. The summed E-state index contributed by atoms with van der Waals surface area (Å²) in [5.41, 5.74) is 2.98. The molecule has 0 spiro atoms. The van der Waals surface area contributed by atoms with Crippen LogP contribution in [0.2, 0.25) is 0 Å². The molecule has 0 bridgehead atoms. The first kappa shape index (κ1) is 27.0. The van der Waals surface area contributed by atoms with Crippen molar-refractivity contribution in [3.8, 4) is 0 Å². The minimum absolute atomic E-state index is 0.105. The summed E-state index contributed by atoms with van der Waals surface area (Å²) in [7, 11) is 0. The monoisotopic (exact) mass is 543 g/mol. The summed E-state index contributed by atoms with van der Waals surface area (Å²) >= 11 is 0. The molecule has 0 radical (unpaired) electrons. The second kappa shape index (κ2) is 11.5. The Hall–Kier alpha value is -4.08. The number of ether oxygens (including phenoxy) is 1. The van der Waals surface area contributed by atoms with E-state index in [9.17, 15) is 23.2 Å². The fraction of sp³-hybridized carbons (Fsp3) is 0.455. The fourth-order valence-electron chi connectivity index (χ4n) is 4.03. The summed E-state index contributed by atoms with van der Waals surface area (Å²) in [5, 5.41) is 9.70. The summed E-state index contributed by atoms with van der Waals surface area (Å²) in [5.74, 6) is -2.80. The average molecular weight is 543 g/mol. The van der Waals surface area contributed by atoms with E-state index in [0.29, 0.717) is 11.5 Å². The van der Waals surface area contributed by atoms with Crippen LogP contribution < -0.4 is 25.9 Å². The first-order valence-electron chi connectivity index (χ1n) is 11.6. The number of anilines is 2. The number of aromatic nitrogens is 1. The van der Waals surface area contributed by atoms with Crippen LogP contribution >= 0.6 is 0 Å². The van der Waals surface area contributed by atoms with E-state index in [1.54, 1.807) is 13.0 Å². The van der Waals surface area contributed by atoms with Gasteiger partial charge >= 0.3 is 18.5 Å². The third-order valence-electron chi connectivity index (χ3n) is 5.83. The van der Waals surface area contributed by atoms with Crippen molar-refractivity contribution in [2.75, 3.05) is 49.1 Å². The van der Waals surface area contributed by atoms with Gasteiger partial charge in [0.05, 0.1) is 31.9 Å². The third kappa shape index (κ3) is 6.24. The van der Waals surface area contributed by atoms with E-state index in [4.69, 9.17) is 9.26 Å². The predicted molar refractivity (Wildman–Crippen MR) is 123 cm³/mol. The second-order valence-electron chi connectivity index (χ2n) is 8.55. The van der Waals surface area contributed by atoms with Crippen LogP contribution in [0.15, 0.2) is 22.7 Å². The molecule has 4 amide bonds. The Labute approximate surface area is 213 Å². The first-order valence-corrected chi connectivity index (χ1v) is 11.6. The van der Waals surface area contributed by atoms with E-state index >= 15 is 8.78 Å². The van der Waals surface area contributed by atoms with Gasteiger partial charge in [-0.2, -0.15) is 8.78 Å². The zero-order chi connectivity index (χ0) is 27.4. The standard InChI is InChI=1S/C22H25F4N7O5/c1-12-6-13(30-38-12)9-28-21(35)33-5-4-31(3-2-29-33)18-16(23)7-14(8-17(18)24)32-11-15(37-22(32)36)10-27-20(34)19(25)26/h6-8,15,19,29H,2-5,9-11H2,1H3,(H,27,34)(H,28,35)/t15-/m0/s1. The number of cyclic esters (lactones) is 1. The highest BCUT2D eigenvalue weighted by molar-refractivity contribution is 5.90. The number of hydrazine groups is 1. The molecule has 12 nitrogen and oxygen atoms in total. The van der Waals surface area contributed by atoms with Gasteiger partial charge in [-0.15, -0.1) is 0 Å². The number of amides is 4. The average Bonchev–Trinajstić information content (AvgIpc) is 3.37.